The first-order valence-electron chi connectivity index (χ1n) is 8.02. The molecular formula is C17H27ClN2. The Balaban J connectivity index is 2.18. The molecule has 0 aromatic heterocycles. The summed E-state index contributed by atoms with van der Waals surface area (Å²) < 4.78 is 0. The first-order chi connectivity index (χ1) is 9.76. The number of nitrogens with zero attached hydrogens (tertiary/aromatic N) is 1. The van der Waals surface area contributed by atoms with Crippen molar-refractivity contribution in [1.82, 2.24) is 5.32 Å². The Labute approximate surface area is 128 Å². The molecule has 0 spiro atoms. The van der Waals surface area contributed by atoms with Crippen LogP contribution in [0.4, 0.5) is 5.69 Å². The van der Waals surface area contributed by atoms with E-state index in [9.17, 15) is 0 Å². The van der Waals surface area contributed by atoms with Gasteiger partial charge in [-0.1, -0.05) is 31.4 Å². The molecule has 0 bridgehead atoms. The standard InChI is InChI=1S/C17H27ClN2/c1-3-11-19-13-14-12-15(18)9-10-17(14)20(4-2)16-7-5-6-8-16/h9-10,12,16,19H,3-8,11,13H2,1-2H3. The molecule has 1 saturated carbocycles. The number of hydrogen-bond acceptors (Lipinski definition) is 2. The fraction of sp³-hybridized carbons (Fsp3) is 0.647. The SMILES string of the molecule is CCCNCc1cc(Cl)ccc1N(CC)C1CCCC1. The summed E-state index contributed by atoms with van der Waals surface area (Å²) in [7, 11) is 0. The number of hydrogen-bond donors (Lipinski definition) is 1. The van der Waals surface area contributed by atoms with Crippen LogP contribution in [0.2, 0.25) is 5.02 Å². The van der Waals surface area contributed by atoms with Gasteiger partial charge in [-0.05, 0) is 56.5 Å². The largest absolute Gasteiger partial charge is 0.369 e. The van der Waals surface area contributed by atoms with Gasteiger partial charge in [0, 0.05) is 29.8 Å². The van der Waals surface area contributed by atoms with Crippen molar-refractivity contribution in [3.8, 4) is 0 Å². The van der Waals surface area contributed by atoms with Crippen LogP contribution in [0.5, 0.6) is 0 Å². The van der Waals surface area contributed by atoms with Crippen molar-refractivity contribution in [2.75, 3.05) is 18.0 Å². The average molecular weight is 295 g/mol. The molecule has 1 aliphatic carbocycles. The van der Waals surface area contributed by atoms with Crippen molar-refractivity contribution in [2.24, 2.45) is 0 Å². The average Bonchev–Trinajstić information content (AvgIpc) is 2.96. The summed E-state index contributed by atoms with van der Waals surface area (Å²) in [6.07, 6.45) is 6.57. The molecule has 0 radical (unpaired) electrons. The molecule has 0 atom stereocenters. The first-order valence-corrected chi connectivity index (χ1v) is 8.39. The van der Waals surface area contributed by atoms with Gasteiger partial charge in [-0.3, -0.25) is 0 Å². The van der Waals surface area contributed by atoms with Crippen molar-refractivity contribution in [3.05, 3.63) is 28.8 Å². The van der Waals surface area contributed by atoms with E-state index < -0.39 is 0 Å². The summed E-state index contributed by atoms with van der Waals surface area (Å²) in [6.45, 7) is 7.50. The predicted octanol–water partition coefficient (Wildman–Crippen LogP) is 4.61. The Hall–Kier alpha value is -0.730. The summed E-state index contributed by atoms with van der Waals surface area (Å²) in [4.78, 5) is 2.58. The highest BCUT2D eigenvalue weighted by Gasteiger charge is 2.23. The molecule has 1 aromatic rings. The van der Waals surface area contributed by atoms with Gasteiger partial charge in [0.25, 0.3) is 0 Å². The van der Waals surface area contributed by atoms with Crippen LogP contribution in [0, 0.1) is 0 Å². The van der Waals surface area contributed by atoms with E-state index in [0.29, 0.717) is 6.04 Å². The molecule has 2 nitrogen and oxygen atoms in total. The highest BCUT2D eigenvalue weighted by Crippen LogP contribution is 2.31. The number of rotatable bonds is 7. The first kappa shape index (κ1) is 15.7. The summed E-state index contributed by atoms with van der Waals surface area (Å²) >= 11 is 6.19. The molecule has 1 N–H and O–H groups in total. The molecule has 1 aliphatic rings. The highest BCUT2D eigenvalue weighted by molar-refractivity contribution is 6.30. The highest BCUT2D eigenvalue weighted by atomic mass is 35.5. The monoisotopic (exact) mass is 294 g/mol. The normalized spacial score (nSPS) is 15.8. The molecule has 3 heteroatoms. The molecule has 112 valence electrons. The summed E-state index contributed by atoms with van der Waals surface area (Å²) in [5.74, 6) is 0. The Morgan fingerprint density at radius 3 is 2.65 bits per heavy atom. The Morgan fingerprint density at radius 1 is 1.25 bits per heavy atom. The third-order valence-electron chi connectivity index (χ3n) is 4.20. The maximum Gasteiger partial charge on any atom is 0.0415 e. The fourth-order valence-electron chi connectivity index (χ4n) is 3.22. The second-order valence-electron chi connectivity index (χ2n) is 5.67. The van der Waals surface area contributed by atoms with Crippen molar-refractivity contribution >= 4 is 17.3 Å². The van der Waals surface area contributed by atoms with Crippen LogP contribution in [0.15, 0.2) is 18.2 Å². The Bertz CT molecular complexity index is 413. The Morgan fingerprint density at radius 2 is 2.00 bits per heavy atom. The van der Waals surface area contributed by atoms with Crippen molar-refractivity contribution in [2.45, 2.75) is 58.5 Å². The van der Waals surface area contributed by atoms with Crippen molar-refractivity contribution < 1.29 is 0 Å². The molecule has 0 aliphatic heterocycles. The van der Waals surface area contributed by atoms with E-state index in [1.54, 1.807) is 0 Å². The molecule has 0 unspecified atom stereocenters. The molecule has 0 amide bonds. The zero-order valence-corrected chi connectivity index (χ0v) is 13.5. The van der Waals surface area contributed by atoms with Gasteiger partial charge >= 0.3 is 0 Å². The quantitative estimate of drug-likeness (QED) is 0.739. The van der Waals surface area contributed by atoms with E-state index in [0.717, 1.165) is 31.1 Å². The van der Waals surface area contributed by atoms with E-state index >= 15 is 0 Å². The molecule has 1 fully saturated rings. The van der Waals surface area contributed by atoms with Gasteiger partial charge in [-0.15, -0.1) is 0 Å². The van der Waals surface area contributed by atoms with Crippen LogP contribution >= 0.6 is 11.6 Å². The zero-order chi connectivity index (χ0) is 14.4. The van der Waals surface area contributed by atoms with E-state index in [1.807, 2.05) is 6.07 Å². The van der Waals surface area contributed by atoms with E-state index in [4.69, 9.17) is 11.6 Å². The number of anilines is 1. The minimum absolute atomic E-state index is 0.714. The lowest BCUT2D eigenvalue weighted by Gasteiger charge is -2.32. The second kappa shape index (κ2) is 7.90. The number of halogens is 1. The van der Waals surface area contributed by atoms with Crippen molar-refractivity contribution in [3.63, 3.8) is 0 Å². The van der Waals surface area contributed by atoms with Gasteiger partial charge in [0.15, 0.2) is 0 Å². The molecule has 20 heavy (non-hydrogen) atoms. The Kier molecular flexibility index (Phi) is 6.18. The summed E-state index contributed by atoms with van der Waals surface area (Å²) in [6, 6.07) is 7.06. The van der Waals surface area contributed by atoms with E-state index in [-0.39, 0.29) is 0 Å². The summed E-state index contributed by atoms with van der Waals surface area (Å²) in [5, 5.41) is 4.34. The fourth-order valence-corrected chi connectivity index (χ4v) is 3.41. The molecule has 0 saturated heterocycles. The zero-order valence-electron chi connectivity index (χ0n) is 12.8. The van der Waals surface area contributed by atoms with E-state index in [2.05, 4.69) is 36.2 Å². The van der Waals surface area contributed by atoms with Crippen LogP contribution in [0.1, 0.15) is 51.5 Å². The molecule has 0 heterocycles. The van der Waals surface area contributed by atoms with Gasteiger partial charge in [-0.25, -0.2) is 0 Å². The van der Waals surface area contributed by atoms with Crippen LogP contribution in [0.3, 0.4) is 0 Å². The lowest BCUT2D eigenvalue weighted by Crippen LogP contribution is -2.34. The van der Waals surface area contributed by atoms with Gasteiger partial charge in [0.05, 0.1) is 0 Å². The smallest absolute Gasteiger partial charge is 0.0415 e. The van der Waals surface area contributed by atoms with Crippen molar-refractivity contribution in [1.29, 1.82) is 0 Å². The third-order valence-corrected chi connectivity index (χ3v) is 4.43. The molecule has 1 aromatic carbocycles. The predicted molar refractivity (Wildman–Crippen MR) is 88.7 cm³/mol. The van der Waals surface area contributed by atoms with Gasteiger partial charge in [0.1, 0.15) is 0 Å². The van der Waals surface area contributed by atoms with Gasteiger partial charge in [0.2, 0.25) is 0 Å². The minimum atomic E-state index is 0.714. The minimum Gasteiger partial charge on any atom is -0.369 e. The van der Waals surface area contributed by atoms with Crippen LogP contribution < -0.4 is 10.2 Å². The third kappa shape index (κ3) is 3.89. The maximum absolute atomic E-state index is 6.19. The topological polar surface area (TPSA) is 15.3 Å². The number of benzene rings is 1. The van der Waals surface area contributed by atoms with Gasteiger partial charge in [-0.2, -0.15) is 0 Å². The lowest BCUT2D eigenvalue weighted by atomic mass is 10.1. The molecule has 2 rings (SSSR count). The summed E-state index contributed by atoms with van der Waals surface area (Å²) in [5.41, 5.74) is 2.70. The van der Waals surface area contributed by atoms with Crippen LogP contribution in [-0.2, 0) is 6.54 Å². The van der Waals surface area contributed by atoms with E-state index in [1.165, 1.54) is 36.9 Å². The maximum atomic E-state index is 6.19. The van der Waals surface area contributed by atoms with Gasteiger partial charge < -0.3 is 10.2 Å². The molecular weight excluding hydrogens is 268 g/mol. The van der Waals surface area contributed by atoms with Crippen LogP contribution in [-0.4, -0.2) is 19.1 Å². The van der Waals surface area contributed by atoms with Crippen LogP contribution in [0.25, 0.3) is 0 Å². The lowest BCUT2D eigenvalue weighted by molar-refractivity contribution is 0.612. The number of nitrogens with one attached hydrogen (secondary N) is 1. The second-order valence-corrected chi connectivity index (χ2v) is 6.11.